The molecule has 0 bridgehead atoms. The van der Waals surface area contributed by atoms with Crippen LogP contribution in [-0.2, 0) is 11.3 Å². The molecule has 1 atom stereocenters. The first kappa shape index (κ1) is 13.1. The van der Waals surface area contributed by atoms with Crippen molar-refractivity contribution in [3.63, 3.8) is 0 Å². The van der Waals surface area contributed by atoms with Crippen LogP contribution < -0.4 is 5.32 Å². The quantitative estimate of drug-likeness (QED) is 0.842. The van der Waals surface area contributed by atoms with E-state index in [2.05, 4.69) is 5.32 Å². The minimum absolute atomic E-state index is 0.0299. The number of anilines is 1. The summed E-state index contributed by atoms with van der Waals surface area (Å²) in [5.74, 6) is 0.116. The number of hydrogen-bond acceptors (Lipinski definition) is 3. The maximum Gasteiger partial charge on any atom is 0.321 e. The largest absolute Gasteiger partial charge is 0.381 e. The van der Waals surface area contributed by atoms with Crippen LogP contribution in [0.4, 0.5) is 10.5 Å². The van der Waals surface area contributed by atoms with E-state index in [1.807, 2.05) is 12.1 Å². The molecule has 1 aromatic rings. The van der Waals surface area contributed by atoms with Crippen LogP contribution in [0.3, 0.4) is 0 Å². The topological polar surface area (TPSA) is 58.6 Å². The van der Waals surface area contributed by atoms with Crippen molar-refractivity contribution < 1.29 is 14.3 Å². The molecule has 1 N–H and O–H groups in total. The number of amides is 2. The molecule has 0 spiro atoms. The van der Waals surface area contributed by atoms with Crippen molar-refractivity contribution in [2.24, 2.45) is 5.92 Å². The Bertz CT molecular complexity index is 550. The molecule has 1 aromatic carbocycles. The molecule has 2 amide bonds. The van der Waals surface area contributed by atoms with Crippen molar-refractivity contribution >= 4 is 17.5 Å². The second kappa shape index (κ2) is 5.25. The van der Waals surface area contributed by atoms with Gasteiger partial charge in [-0.05, 0) is 36.6 Å². The molecule has 0 radical (unpaired) electrons. The van der Waals surface area contributed by atoms with Gasteiger partial charge in [-0.15, -0.1) is 0 Å². The van der Waals surface area contributed by atoms with Gasteiger partial charge in [-0.1, -0.05) is 0 Å². The Hall–Kier alpha value is -1.88. The van der Waals surface area contributed by atoms with Gasteiger partial charge in [0.1, 0.15) is 0 Å². The van der Waals surface area contributed by atoms with Crippen LogP contribution in [-0.4, -0.2) is 37.0 Å². The van der Waals surface area contributed by atoms with Gasteiger partial charge in [0, 0.05) is 37.4 Å². The predicted octanol–water partition coefficient (Wildman–Crippen LogP) is 2.27. The summed E-state index contributed by atoms with van der Waals surface area (Å²) in [6.45, 7) is 1.81. The molecule has 2 heterocycles. The predicted molar refractivity (Wildman–Crippen MR) is 74.8 cm³/mol. The Balaban J connectivity index is 1.83. The second-order valence-electron chi connectivity index (χ2n) is 5.44. The van der Waals surface area contributed by atoms with Gasteiger partial charge in [0.05, 0.1) is 6.61 Å². The molecule has 5 nitrogen and oxygen atoms in total. The summed E-state index contributed by atoms with van der Waals surface area (Å²) in [5.41, 5.74) is 2.49. The van der Waals surface area contributed by atoms with Crippen molar-refractivity contribution in [1.29, 1.82) is 0 Å². The fourth-order valence-electron chi connectivity index (χ4n) is 2.72. The molecule has 0 aliphatic carbocycles. The summed E-state index contributed by atoms with van der Waals surface area (Å²) >= 11 is 0. The minimum atomic E-state index is -0.114. The number of nitrogens with one attached hydrogen (secondary N) is 1. The van der Waals surface area contributed by atoms with Crippen LogP contribution in [0.5, 0.6) is 0 Å². The third-order valence-corrected chi connectivity index (χ3v) is 3.92. The number of ether oxygens (including phenoxy) is 1. The van der Waals surface area contributed by atoms with E-state index in [0.717, 1.165) is 30.7 Å². The summed E-state index contributed by atoms with van der Waals surface area (Å²) < 4.78 is 5.38. The Morgan fingerprint density at radius 3 is 3.05 bits per heavy atom. The zero-order chi connectivity index (χ0) is 14.1. The van der Waals surface area contributed by atoms with Gasteiger partial charge >= 0.3 is 6.03 Å². The molecule has 5 heteroatoms. The van der Waals surface area contributed by atoms with E-state index < -0.39 is 0 Å². The van der Waals surface area contributed by atoms with Crippen LogP contribution in [0.15, 0.2) is 18.2 Å². The van der Waals surface area contributed by atoms with Gasteiger partial charge in [-0.25, -0.2) is 4.79 Å². The molecular weight excluding hydrogens is 256 g/mol. The van der Waals surface area contributed by atoms with Crippen molar-refractivity contribution in [1.82, 2.24) is 4.90 Å². The number of hydrogen-bond donors (Lipinski definition) is 1. The lowest BCUT2D eigenvalue weighted by molar-refractivity contribution is 0.0461. The van der Waals surface area contributed by atoms with Crippen LogP contribution in [0.2, 0.25) is 0 Å². The smallest absolute Gasteiger partial charge is 0.321 e. The first-order chi connectivity index (χ1) is 9.65. The van der Waals surface area contributed by atoms with E-state index in [1.54, 1.807) is 18.0 Å². The number of carbonyl (C=O) groups is 2. The molecule has 20 heavy (non-hydrogen) atoms. The molecule has 1 fully saturated rings. The molecule has 106 valence electrons. The third kappa shape index (κ3) is 2.41. The molecule has 2 aliphatic heterocycles. The highest BCUT2D eigenvalue weighted by molar-refractivity contribution is 5.99. The van der Waals surface area contributed by atoms with E-state index in [-0.39, 0.29) is 17.7 Å². The number of urea groups is 1. The maximum absolute atomic E-state index is 12.5. The number of rotatable bonds is 2. The Morgan fingerprint density at radius 2 is 2.30 bits per heavy atom. The van der Waals surface area contributed by atoms with Gasteiger partial charge in [0.2, 0.25) is 0 Å². The Labute approximate surface area is 117 Å². The van der Waals surface area contributed by atoms with Gasteiger partial charge in [-0.2, -0.15) is 0 Å². The lowest BCUT2D eigenvalue weighted by atomic mass is 9.91. The van der Waals surface area contributed by atoms with E-state index in [1.165, 1.54) is 0 Å². The normalized spacial score (nSPS) is 22.1. The SMILES string of the molecule is CN1Cc2cc(C(=O)C3CCCOC3)ccc2NC1=O. The first-order valence-corrected chi connectivity index (χ1v) is 6.92. The first-order valence-electron chi connectivity index (χ1n) is 6.92. The summed E-state index contributed by atoms with van der Waals surface area (Å²) in [7, 11) is 1.74. The van der Waals surface area contributed by atoms with E-state index in [9.17, 15) is 9.59 Å². The molecule has 3 rings (SSSR count). The van der Waals surface area contributed by atoms with Crippen LogP contribution >= 0.6 is 0 Å². The zero-order valence-corrected chi connectivity index (χ0v) is 11.5. The Kier molecular flexibility index (Phi) is 3.44. The van der Waals surface area contributed by atoms with Gasteiger partial charge < -0.3 is 15.0 Å². The van der Waals surface area contributed by atoms with Crippen LogP contribution in [0.25, 0.3) is 0 Å². The van der Waals surface area contributed by atoms with E-state index >= 15 is 0 Å². The van der Waals surface area contributed by atoms with Gasteiger partial charge in [0.15, 0.2) is 5.78 Å². The number of benzene rings is 1. The summed E-state index contributed by atoms with van der Waals surface area (Å²) in [4.78, 5) is 25.6. The Morgan fingerprint density at radius 1 is 1.45 bits per heavy atom. The monoisotopic (exact) mass is 274 g/mol. The standard InChI is InChI=1S/C15H18N2O3/c1-17-8-12-7-10(4-5-13(12)16-15(17)19)14(18)11-3-2-6-20-9-11/h4-5,7,11H,2-3,6,8-9H2,1H3,(H,16,19). The van der Waals surface area contributed by atoms with Crippen molar-refractivity contribution in [3.8, 4) is 0 Å². The molecule has 0 saturated carbocycles. The molecule has 1 saturated heterocycles. The fraction of sp³-hybridized carbons (Fsp3) is 0.467. The number of carbonyl (C=O) groups excluding carboxylic acids is 2. The van der Waals surface area contributed by atoms with E-state index in [4.69, 9.17) is 4.74 Å². The lowest BCUT2D eigenvalue weighted by Crippen LogP contribution is -2.35. The minimum Gasteiger partial charge on any atom is -0.381 e. The zero-order valence-electron chi connectivity index (χ0n) is 11.5. The van der Waals surface area contributed by atoms with Crippen LogP contribution in [0, 0.1) is 5.92 Å². The number of Topliss-reactive ketones (excluding diaryl/α,β-unsaturated/α-hetero) is 1. The molecule has 2 aliphatic rings. The average molecular weight is 274 g/mol. The highest BCUT2D eigenvalue weighted by atomic mass is 16.5. The van der Waals surface area contributed by atoms with Crippen molar-refractivity contribution in [2.45, 2.75) is 19.4 Å². The van der Waals surface area contributed by atoms with E-state index in [0.29, 0.717) is 18.7 Å². The third-order valence-electron chi connectivity index (χ3n) is 3.92. The molecule has 0 aromatic heterocycles. The van der Waals surface area contributed by atoms with Gasteiger partial charge in [0.25, 0.3) is 0 Å². The highest BCUT2D eigenvalue weighted by Crippen LogP contribution is 2.26. The number of fused-ring (bicyclic) bond motifs is 1. The van der Waals surface area contributed by atoms with Gasteiger partial charge in [-0.3, -0.25) is 4.79 Å². The second-order valence-corrected chi connectivity index (χ2v) is 5.44. The van der Waals surface area contributed by atoms with Crippen molar-refractivity contribution in [3.05, 3.63) is 29.3 Å². The van der Waals surface area contributed by atoms with Crippen molar-refractivity contribution in [2.75, 3.05) is 25.6 Å². The fourth-order valence-corrected chi connectivity index (χ4v) is 2.72. The van der Waals surface area contributed by atoms with Crippen LogP contribution in [0.1, 0.15) is 28.8 Å². The highest BCUT2D eigenvalue weighted by Gasteiger charge is 2.25. The molecular formula is C15H18N2O3. The lowest BCUT2D eigenvalue weighted by Gasteiger charge is -2.27. The molecule has 1 unspecified atom stereocenters. The number of nitrogens with zero attached hydrogens (tertiary/aromatic N) is 1. The summed E-state index contributed by atoms with van der Waals surface area (Å²) in [6, 6.07) is 5.39. The average Bonchev–Trinajstić information content (AvgIpc) is 2.48. The summed E-state index contributed by atoms with van der Waals surface area (Å²) in [5, 5.41) is 2.81. The maximum atomic E-state index is 12.5. The number of ketones is 1. The summed E-state index contributed by atoms with van der Waals surface area (Å²) in [6.07, 6.45) is 1.84.